The molecular weight excluding hydrogens is 176 g/mol. The van der Waals surface area contributed by atoms with Gasteiger partial charge in [-0.05, 0) is 45.4 Å². The predicted octanol–water partition coefficient (Wildman–Crippen LogP) is 3.18. The second-order valence-corrected chi connectivity index (χ2v) is 4.40. The monoisotopic (exact) mass is 194 g/mol. The maximum atomic E-state index is 5.74. The molecule has 78 valence electrons. The van der Waals surface area contributed by atoms with E-state index in [1.807, 2.05) is 45.9 Å². The van der Waals surface area contributed by atoms with Crippen LogP contribution in [-0.2, 0) is 0 Å². The van der Waals surface area contributed by atoms with Gasteiger partial charge >= 0.3 is 0 Å². The number of aryl methyl sites for hydroxylation is 1. The molecule has 0 N–H and O–H groups in total. The minimum absolute atomic E-state index is 0.168. The van der Waals surface area contributed by atoms with Gasteiger partial charge in [-0.3, -0.25) is 0 Å². The Hall–Kier alpha value is -1.18. The molecule has 0 amide bonds. The first-order chi connectivity index (χ1) is 6.40. The summed E-state index contributed by atoms with van der Waals surface area (Å²) < 4.78 is 10.9. The standard InChI is InChI=1S/C12H18O2/c1-9-6-10(13-5)8-11(7-9)14-12(2,3)4/h6-8H,1-5H3. The molecular formula is C12H18O2. The van der Waals surface area contributed by atoms with Gasteiger partial charge in [0, 0.05) is 6.07 Å². The molecule has 0 aliphatic rings. The maximum absolute atomic E-state index is 5.74. The van der Waals surface area contributed by atoms with Crippen LogP contribution in [0, 0.1) is 6.92 Å². The number of benzene rings is 1. The van der Waals surface area contributed by atoms with Crippen molar-refractivity contribution >= 4 is 0 Å². The Morgan fingerprint density at radius 2 is 1.57 bits per heavy atom. The second kappa shape index (κ2) is 3.91. The maximum Gasteiger partial charge on any atom is 0.124 e. The summed E-state index contributed by atoms with van der Waals surface area (Å²) in [7, 11) is 1.66. The molecule has 0 radical (unpaired) electrons. The summed E-state index contributed by atoms with van der Waals surface area (Å²) in [6, 6.07) is 5.89. The SMILES string of the molecule is COc1cc(C)cc(OC(C)(C)C)c1. The number of ether oxygens (including phenoxy) is 2. The lowest BCUT2D eigenvalue weighted by atomic mass is 10.1. The summed E-state index contributed by atoms with van der Waals surface area (Å²) in [4.78, 5) is 0. The summed E-state index contributed by atoms with van der Waals surface area (Å²) in [6.07, 6.45) is 0. The van der Waals surface area contributed by atoms with E-state index in [1.54, 1.807) is 7.11 Å². The largest absolute Gasteiger partial charge is 0.497 e. The van der Waals surface area contributed by atoms with Gasteiger partial charge in [0.05, 0.1) is 7.11 Å². The third-order valence-corrected chi connectivity index (χ3v) is 1.68. The van der Waals surface area contributed by atoms with Gasteiger partial charge in [-0.2, -0.15) is 0 Å². The molecule has 0 aliphatic heterocycles. The molecule has 0 aliphatic carbocycles. The topological polar surface area (TPSA) is 18.5 Å². The lowest BCUT2D eigenvalue weighted by Crippen LogP contribution is -2.22. The van der Waals surface area contributed by atoms with Crippen LogP contribution in [0.15, 0.2) is 18.2 Å². The normalized spacial score (nSPS) is 11.2. The summed E-state index contributed by atoms with van der Waals surface area (Å²) in [5.41, 5.74) is 0.974. The highest BCUT2D eigenvalue weighted by Crippen LogP contribution is 2.25. The fourth-order valence-electron chi connectivity index (χ4n) is 1.24. The zero-order valence-electron chi connectivity index (χ0n) is 9.55. The first kappa shape index (κ1) is 10.9. The molecule has 0 spiro atoms. The average Bonchev–Trinajstić information content (AvgIpc) is 1.99. The van der Waals surface area contributed by atoms with E-state index in [1.165, 1.54) is 0 Å². The van der Waals surface area contributed by atoms with Gasteiger partial charge in [-0.15, -0.1) is 0 Å². The van der Waals surface area contributed by atoms with Crippen LogP contribution in [0.2, 0.25) is 0 Å². The molecule has 2 nitrogen and oxygen atoms in total. The van der Waals surface area contributed by atoms with Crippen LogP contribution in [0.5, 0.6) is 11.5 Å². The van der Waals surface area contributed by atoms with Crippen molar-refractivity contribution in [2.24, 2.45) is 0 Å². The highest BCUT2D eigenvalue weighted by molar-refractivity contribution is 5.38. The zero-order chi connectivity index (χ0) is 10.8. The van der Waals surface area contributed by atoms with Crippen molar-refractivity contribution in [1.29, 1.82) is 0 Å². The number of methoxy groups -OCH3 is 1. The van der Waals surface area contributed by atoms with Gasteiger partial charge < -0.3 is 9.47 Å². The molecule has 0 saturated heterocycles. The smallest absolute Gasteiger partial charge is 0.124 e. The van der Waals surface area contributed by atoms with Crippen molar-refractivity contribution < 1.29 is 9.47 Å². The van der Waals surface area contributed by atoms with Gasteiger partial charge in [-0.25, -0.2) is 0 Å². The molecule has 1 aromatic carbocycles. The Morgan fingerprint density at radius 1 is 1.00 bits per heavy atom. The summed E-state index contributed by atoms with van der Waals surface area (Å²) >= 11 is 0. The van der Waals surface area contributed by atoms with Crippen molar-refractivity contribution in [3.8, 4) is 11.5 Å². The van der Waals surface area contributed by atoms with E-state index >= 15 is 0 Å². The second-order valence-electron chi connectivity index (χ2n) is 4.40. The van der Waals surface area contributed by atoms with Crippen molar-refractivity contribution in [1.82, 2.24) is 0 Å². The van der Waals surface area contributed by atoms with Crippen LogP contribution in [0.3, 0.4) is 0 Å². The van der Waals surface area contributed by atoms with Crippen LogP contribution < -0.4 is 9.47 Å². The molecule has 0 atom stereocenters. The van der Waals surface area contributed by atoms with Crippen LogP contribution in [0.1, 0.15) is 26.3 Å². The fourth-order valence-corrected chi connectivity index (χ4v) is 1.24. The molecule has 1 aromatic rings. The van der Waals surface area contributed by atoms with E-state index in [9.17, 15) is 0 Å². The van der Waals surface area contributed by atoms with E-state index in [-0.39, 0.29) is 5.60 Å². The number of rotatable bonds is 2. The van der Waals surface area contributed by atoms with Crippen molar-refractivity contribution in [2.75, 3.05) is 7.11 Å². The van der Waals surface area contributed by atoms with Crippen LogP contribution in [0.25, 0.3) is 0 Å². The van der Waals surface area contributed by atoms with E-state index in [0.29, 0.717) is 0 Å². The highest BCUT2D eigenvalue weighted by atomic mass is 16.5. The van der Waals surface area contributed by atoms with Gasteiger partial charge in [0.2, 0.25) is 0 Å². The average molecular weight is 194 g/mol. The minimum Gasteiger partial charge on any atom is -0.497 e. The van der Waals surface area contributed by atoms with Crippen molar-refractivity contribution in [3.63, 3.8) is 0 Å². The van der Waals surface area contributed by atoms with E-state index < -0.39 is 0 Å². The summed E-state index contributed by atoms with van der Waals surface area (Å²) in [5, 5.41) is 0. The van der Waals surface area contributed by atoms with E-state index in [0.717, 1.165) is 17.1 Å². The molecule has 0 bridgehead atoms. The highest BCUT2D eigenvalue weighted by Gasteiger charge is 2.12. The van der Waals surface area contributed by atoms with Crippen LogP contribution >= 0.6 is 0 Å². The van der Waals surface area contributed by atoms with Crippen LogP contribution in [-0.4, -0.2) is 12.7 Å². The molecule has 2 heteroatoms. The molecule has 0 aromatic heterocycles. The Morgan fingerprint density at radius 3 is 2.07 bits per heavy atom. The Balaban J connectivity index is 2.92. The first-order valence-corrected chi connectivity index (χ1v) is 4.75. The van der Waals surface area contributed by atoms with E-state index in [4.69, 9.17) is 9.47 Å². The molecule has 0 unspecified atom stereocenters. The lowest BCUT2D eigenvalue weighted by Gasteiger charge is -2.21. The zero-order valence-corrected chi connectivity index (χ0v) is 9.55. The minimum atomic E-state index is -0.168. The lowest BCUT2D eigenvalue weighted by molar-refractivity contribution is 0.130. The quantitative estimate of drug-likeness (QED) is 0.720. The Labute approximate surface area is 85.8 Å². The van der Waals surface area contributed by atoms with Crippen molar-refractivity contribution in [3.05, 3.63) is 23.8 Å². The molecule has 1 rings (SSSR count). The molecule has 14 heavy (non-hydrogen) atoms. The van der Waals surface area contributed by atoms with Gasteiger partial charge in [0.15, 0.2) is 0 Å². The fraction of sp³-hybridized carbons (Fsp3) is 0.500. The first-order valence-electron chi connectivity index (χ1n) is 4.75. The molecule has 0 heterocycles. The van der Waals surface area contributed by atoms with Crippen LogP contribution in [0.4, 0.5) is 0 Å². The van der Waals surface area contributed by atoms with E-state index in [2.05, 4.69) is 0 Å². The predicted molar refractivity (Wildman–Crippen MR) is 58.1 cm³/mol. The Kier molecular flexibility index (Phi) is 3.04. The summed E-state index contributed by atoms with van der Waals surface area (Å²) in [6.45, 7) is 8.11. The van der Waals surface area contributed by atoms with Crippen molar-refractivity contribution in [2.45, 2.75) is 33.3 Å². The molecule has 0 fully saturated rings. The Bertz CT molecular complexity index is 311. The number of hydrogen-bond acceptors (Lipinski definition) is 2. The molecule has 0 saturated carbocycles. The third kappa shape index (κ3) is 3.29. The number of hydrogen-bond donors (Lipinski definition) is 0. The van der Waals surface area contributed by atoms with Gasteiger partial charge in [0.1, 0.15) is 17.1 Å². The van der Waals surface area contributed by atoms with Gasteiger partial charge in [0.25, 0.3) is 0 Å². The van der Waals surface area contributed by atoms with Gasteiger partial charge in [-0.1, -0.05) is 0 Å². The summed E-state index contributed by atoms with van der Waals surface area (Å²) in [5.74, 6) is 1.69. The third-order valence-electron chi connectivity index (χ3n) is 1.68.